The van der Waals surface area contributed by atoms with E-state index in [2.05, 4.69) is 47.3 Å². The fraction of sp³-hybridized carbons (Fsp3) is 0.174. The molecular weight excluding hydrogens is 364 g/mol. The van der Waals surface area contributed by atoms with Crippen molar-refractivity contribution in [2.75, 3.05) is 11.9 Å². The lowest BCUT2D eigenvalue weighted by Gasteiger charge is -2.12. The number of rotatable bonds is 5. The lowest BCUT2D eigenvalue weighted by atomic mass is 10.1. The molecule has 0 atom stereocenters. The van der Waals surface area contributed by atoms with Gasteiger partial charge in [0.1, 0.15) is 5.52 Å². The molecule has 6 heteroatoms. The Morgan fingerprint density at radius 3 is 2.62 bits per heavy atom. The number of H-pyrrole nitrogens is 1. The molecule has 2 aromatic heterocycles. The highest BCUT2D eigenvalue weighted by molar-refractivity contribution is 5.91. The Hall–Kier alpha value is -3.67. The third-order valence-electron chi connectivity index (χ3n) is 4.71. The number of aryl methyl sites for hydroxylation is 2. The number of aromatic amines is 1. The SMILES string of the molecule is CCOC(=O)c1ccc(-c2nc(Nc3cc(C)ccc3C)c3[nH]ccc3n2)cc1. The zero-order valence-electron chi connectivity index (χ0n) is 16.6. The van der Waals surface area contributed by atoms with E-state index in [9.17, 15) is 4.79 Å². The molecule has 0 spiro atoms. The minimum atomic E-state index is -0.335. The summed E-state index contributed by atoms with van der Waals surface area (Å²) in [5.74, 6) is 0.955. The zero-order chi connectivity index (χ0) is 20.4. The van der Waals surface area contributed by atoms with E-state index in [-0.39, 0.29) is 5.97 Å². The topological polar surface area (TPSA) is 79.9 Å². The smallest absolute Gasteiger partial charge is 0.338 e. The molecule has 0 aliphatic heterocycles. The van der Waals surface area contributed by atoms with Crippen LogP contribution in [0.4, 0.5) is 11.5 Å². The summed E-state index contributed by atoms with van der Waals surface area (Å²) in [5, 5.41) is 3.44. The molecule has 146 valence electrons. The molecule has 4 rings (SSSR count). The first-order chi connectivity index (χ1) is 14.0. The van der Waals surface area contributed by atoms with Gasteiger partial charge in [-0.1, -0.05) is 24.3 Å². The van der Waals surface area contributed by atoms with Crippen molar-refractivity contribution in [1.29, 1.82) is 0 Å². The lowest BCUT2D eigenvalue weighted by Crippen LogP contribution is -2.04. The predicted molar refractivity (Wildman–Crippen MR) is 114 cm³/mol. The van der Waals surface area contributed by atoms with Gasteiger partial charge in [-0.2, -0.15) is 0 Å². The van der Waals surface area contributed by atoms with Crippen molar-refractivity contribution < 1.29 is 9.53 Å². The number of fused-ring (bicyclic) bond motifs is 1. The molecular formula is C23H22N4O2. The van der Waals surface area contributed by atoms with Crippen molar-refractivity contribution in [3.63, 3.8) is 0 Å². The number of esters is 1. The summed E-state index contributed by atoms with van der Waals surface area (Å²) >= 11 is 0. The molecule has 0 radical (unpaired) electrons. The maximum absolute atomic E-state index is 11.9. The average Bonchev–Trinajstić information content (AvgIpc) is 3.20. The lowest BCUT2D eigenvalue weighted by molar-refractivity contribution is 0.0526. The molecule has 4 aromatic rings. The highest BCUT2D eigenvalue weighted by atomic mass is 16.5. The number of hydrogen-bond donors (Lipinski definition) is 2. The first-order valence-corrected chi connectivity index (χ1v) is 9.52. The largest absolute Gasteiger partial charge is 0.462 e. The number of anilines is 2. The minimum absolute atomic E-state index is 0.335. The van der Waals surface area contributed by atoms with Gasteiger partial charge in [0.15, 0.2) is 11.6 Å². The Labute approximate surface area is 169 Å². The van der Waals surface area contributed by atoms with E-state index in [1.165, 1.54) is 5.56 Å². The molecule has 29 heavy (non-hydrogen) atoms. The van der Waals surface area contributed by atoms with Gasteiger partial charge in [0.25, 0.3) is 0 Å². The molecule has 0 saturated carbocycles. The summed E-state index contributed by atoms with van der Waals surface area (Å²) in [4.78, 5) is 24.5. The van der Waals surface area contributed by atoms with Crippen molar-refractivity contribution >= 4 is 28.5 Å². The number of aromatic nitrogens is 3. The summed E-state index contributed by atoms with van der Waals surface area (Å²) in [6.07, 6.45) is 1.85. The average molecular weight is 386 g/mol. The van der Waals surface area contributed by atoms with Crippen LogP contribution in [0.2, 0.25) is 0 Å². The molecule has 0 fully saturated rings. The van der Waals surface area contributed by atoms with Crippen molar-refractivity contribution in [2.24, 2.45) is 0 Å². The summed E-state index contributed by atoms with van der Waals surface area (Å²) in [6.45, 7) is 6.26. The quantitative estimate of drug-likeness (QED) is 0.463. The van der Waals surface area contributed by atoms with E-state index in [0.717, 1.165) is 27.8 Å². The third kappa shape index (κ3) is 3.82. The molecule has 2 N–H and O–H groups in total. The Balaban J connectivity index is 1.73. The second-order valence-corrected chi connectivity index (χ2v) is 6.87. The summed E-state index contributed by atoms with van der Waals surface area (Å²) < 4.78 is 5.04. The van der Waals surface area contributed by atoms with Crippen LogP contribution in [0.5, 0.6) is 0 Å². The van der Waals surface area contributed by atoms with Crippen LogP contribution >= 0.6 is 0 Å². The maximum atomic E-state index is 11.9. The Bertz CT molecular complexity index is 1180. The first-order valence-electron chi connectivity index (χ1n) is 9.52. The maximum Gasteiger partial charge on any atom is 0.338 e. The predicted octanol–water partition coefficient (Wildman–Crippen LogP) is 5.16. The molecule has 0 aliphatic rings. The van der Waals surface area contributed by atoms with E-state index < -0.39 is 0 Å². The van der Waals surface area contributed by atoms with Crippen LogP contribution in [0.1, 0.15) is 28.4 Å². The van der Waals surface area contributed by atoms with Crippen LogP contribution in [0.3, 0.4) is 0 Å². The van der Waals surface area contributed by atoms with Crippen LogP contribution in [0.15, 0.2) is 54.7 Å². The number of nitrogens with one attached hydrogen (secondary N) is 2. The van der Waals surface area contributed by atoms with E-state index in [1.807, 2.05) is 24.4 Å². The zero-order valence-corrected chi connectivity index (χ0v) is 16.6. The van der Waals surface area contributed by atoms with Gasteiger partial charge in [-0.15, -0.1) is 0 Å². The first kappa shape index (κ1) is 18.7. The van der Waals surface area contributed by atoms with Crippen LogP contribution in [-0.4, -0.2) is 27.5 Å². The van der Waals surface area contributed by atoms with Gasteiger partial charge < -0.3 is 15.0 Å². The summed E-state index contributed by atoms with van der Waals surface area (Å²) in [7, 11) is 0. The molecule has 0 unspecified atom stereocenters. The minimum Gasteiger partial charge on any atom is -0.462 e. The van der Waals surface area contributed by atoms with E-state index in [1.54, 1.807) is 19.1 Å². The number of nitrogens with zero attached hydrogens (tertiary/aromatic N) is 2. The monoisotopic (exact) mass is 386 g/mol. The van der Waals surface area contributed by atoms with Gasteiger partial charge in [-0.3, -0.25) is 0 Å². The van der Waals surface area contributed by atoms with Crippen molar-refractivity contribution in [2.45, 2.75) is 20.8 Å². The van der Waals surface area contributed by atoms with E-state index in [0.29, 0.717) is 23.8 Å². The van der Waals surface area contributed by atoms with Crippen LogP contribution in [0.25, 0.3) is 22.4 Å². The van der Waals surface area contributed by atoms with Gasteiger partial charge in [0.2, 0.25) is 0 Å². The van der Waals surface area contributed by atoms with Gasteiger partial charge in [0, 0.05) is 17.4 Å². The highest BCUT2D eigenvalue weighted by Gasteiger charge is 2.13. The molecule has 2 aromatic carbocycles. The van der Waals surface area contributed by atoms with Crippen LogP contribution in [-0.2, 0) is 4.74 Å². The standard InChI is InChI=1S/C23H22N4O2/c1-4-29-23(28)17-9-7-16(8-10-17)21-25-18-11-12-24-20(18)22(27-21)26-19-13-14(2)5-6-15(19)3/h5-13,24H,4H2,1-3H3,(H,25,26,27). The number of carbonyl (C=O) groups excluding carboxylic acids is 1. The summed E-state index contributed by atoms with van der Waals surface area (Å²) in [6, 6.07) is 15.3. The molecule has 0 amide bonds. The second-order valence-electron chi connectivity index (χ2n) is 6.87. The number of benzene rings is 2. The molecule has 0 saturated heterocycles. The van der Waals surface area contributed by atoms with Gasteiger partial charge >= 0.3 is 5.97 Å². The van der Waals surface area contributed by atoms with E-state index in [4.69, 9.17) is 9.72 Å². The molecule has 6 nitrogen and oxygen atoms in total. The Morgan fingerprint density at radius 1 is 1.07 bits per heavy atom. The molecule has 2 heterocycles. The second kappa shape index (κ2) is 7.75. The number of hydrogen-bond acceptors (Lipinski definition) is 5. The van der Waals surface area contributed by atoms with Gasteiger partial charge in [-0.05, 0) is 56.2 Å². The molecule has 0 aliphatic carbocycles. The Morgan fingerprint density at radius 2 is 1.86 bits per heavy atom. The molecule has 0 bridgehead atoms. The fourth-order valence-electron chi connectivity index (χ4n) is 3.13. The van der Waals surface area contributed by atoms with Crippen LogP contribution in [0, 0.1) is 13.8 Å². The fourth-order valence-corrected chi connectivity index (χ4v) is 3.13. The van der Waals surface area contributed by atoms with Crippen molar-refractivity contribution in [3.05, 3.63) is 71.4 Å². The van der Waals surface area contributed by atoms with Crippen molar-refractivity contribution in [1.82, 2.24) is 15.0 Å². The number of carbonyl (C=O) groups is 1. The van der Waals surface area contributed by atoms with Crippen molar-refractivity contribution in [3.8, 4) is 11.4 Å². The van der Waals surface area contributed by atoms with Crippen LogP contribution < -0.4 is 5.32 Å². The van der Waals surface area contributed by atoms with E-state index >= 15 is 0 Å². The third-order valence-corrected chi connectivity index (χ3v) is 4.71. The highest BCUT2D eigenvalue weighted by Crippen LogP contribution is 2.28. The van der Waals surface area contributed by atoms with Gasteiger partial charge in [-0.25, -0.2) is 14.8 Å². The number of ether oxygens (including phenoxy) is 1. The normalized spacial score (nSPS) is 10.9. The Kier molecular flexibility index (Phi) is 4.99. The van der Waals surface area contributed by atoms with Gasteiger partial charge in [0.05, 0.1) is 17.7 Å². The summed E-state index contributed by atoms with van der Waals surface area (Å²) in [5.41, 5.74) is 6.30.